The quantitative estimate of drug-likeness (QED) is 0.650. The fourth-order valence-electron chi connectivity index (χ4n) is 1.48. The summed E-state index contributed by atoms with van der Waals surface area (Å²) in [6, 6.07) is 1.87. The third kappa shape index (κ3) is 4.72. The Morgan fingerprint density at radius 3 is 2.88 bits per heavy atom. The van der Waals surface area contributed by atoms with Crippen LogP contribution in [0.5, 0.6) is 0 Å². The Labute approximate surface area is 102 Å². The monoisotopic (exact) mass is 236 g/mol. The lowest BCUT2D eigenvalue weighted by Gasteiger charge is -2.09. The zero-order chi connectivity index (χ0) is 12.7. The number of rotatable bonds is 6. The molecular weight excluding hydrogens is 216 g/mol. The van der Waals surface area contributed by atoms with Crippen LogP contribution in [0, 0.1) is 6.92 Å². The van der Waals surface area contributed by atoms with Crippen LogP contribution in [0.1, 0.15) is 25.3 Å². The lowest BCUT2D eigenvalue weighted by atomic mass is 10.2. The van der Waals surface area contributed by atoms with E-state index in [1.165, 1.54) is 0 Å². The van der Waals surface area contributed by atoms with E-state index < -0.39 is 0 Å². The van der Waals surface area contributed by atoms with E-state index in [4.69, 9.17) is 5.73 Å². The molecule has 1 heterocycles. The van der Waals surface area contributed by atoms with E-state index >= 15 is 0 Å². The Balaban J connectivity index is 2.29. The minimum absolute atomic E-state index is 0.0938. The number of hydrogen-bond donors (Lipinski definition) is 3. The predicted molar refractivity (Wildman–Crippen MR) is 69.8 cm³/mol. The first kappa shape index (κ1) is 13.3. The van der Waals surface area contributed by atoms with Crippen molar-refractivity contribution >= 4 is 17.4 Å². The first-order valence-electron chi connectivity index (χ1n) is 5.86. The molecule has 0 atom stereocenters. The van der Waals surface area contributed by atoms with Crippen LogP contribution in [-0.2, 0) is 4.79 Å². The second-order valence-electron chi connectivity index (χ2n) is 3.96. The molecule has 0 aliphatic heterocycles. The van der Waals surface area contributed by atoms with Crippen molar-refractivity contribution in [3.63, 3.8) is 0 Å². The first-order chi connectivity index (χ1) is 8.13. The van der Waals surface area contributed by atoms with Crippen LogP contribution in [0.3, 0.4) is 0 Å². The fourth-order valence-corrected chi connectivity index (χ4v) is 1.48. The molecule has 0 aliphatic carbocycles. The van der Waals surface area contributed by atoms with Gasteiger partial charge in [-0.05, 0) is 25.0 Å². The molecule has 0 aromatic carbocycles. The number of hydrogen-bond acceptors (Lipinski definition) is 4. The van der Waals surface area contributed by atoms with Crippen molar-refractivity contribution < 1.29 is 4.79 Å². The molecule has 0 fully saturated rings. The fraction of sp³-hybridized carbons (Fsp3) is 0.500. The minimum Gasteiger partial charge on any atom is -0.397 e. The van der Waals surface area contributed by atoms with Crippen molar-refractivity contribution in [1.29, 1.82) is 0 Å². The summed E-state index contributed by atoms with van der Waals surface area (Å²) in [6.07, 6.45) is 3.07. The number of nitrogens with one attached hydrogen (secondary N) is 2. The topological polar surface area (TPSA) is 80.0 Å². The summed E-state index contributed by atoms with van der Waals surface area (Å²) < 4.78 is 0. The lowest BCUT2D eigenvalue weighted by Crippen LogP contribution is -2.28. The summed E-state index contributed by atoms with van der Waals surface area (Å²) in [5.74, 6) is 0.903. The van der Waals surface area contributed by atoms with E-state index in [1.54, 1.807) is 6.20 Å². The van der Waals surface area contributed by atoms with Gasteiger partial charge in [0.1, 0.15) is 5.82 Å². The molecule has 0 saturated carbocycles. The van der Waals surface area contributed by atoms with E-state index in [9.17, 15) is 4.79 Å². The van der Waals surface area contributed by atoms with Gasteiger partial charge in [0, 0.05) is 19.5 Å². The summed E-state index contributed by atoms with van der Waals surface area (Å²) in [6.45, 7) is 5.19. The zero-order valence-corrected chi connectivity index (χ0v) is 10.4. The van der Waals surface area contributed by atoms with E-state index in [0.717, 1.165) is 17.8 Å². The Hall–Kier alpha value is -1.78. The van der Waals surface area contributed by atoms with Gasteiger partial charge in [0.05, 0.1) is 11.9 Å². The second kappa shape index (κ2) is 6.73. The van der Waals surface area contributed by atoms with Gasteiger partial charge in [0.25, 0.3) is 0 Å². The van der Waals surface area contributed by atoms with Crippen LogP contribution >= 0.6 is 0 Å². The van der Waals surface area contributed by atoms with Gasteiger partial charge in [0.15, 0.2) is 0 Å². The Kier molecular flexibility index (Phi) is 5.26. The lowest BCUT2D eigenvalue weighted by molar-refractivity contribution is -0.121. The van der Waals surface area contributed by atoms with Gasteiger partial charge in [-0.3, -0.25) is 4.79 Å². The second-order valence-corrected chi connectivity index (χ2v) is 3.96. The highest BCUT2D eigenvalue weighted by Gasteiger charge is 2.00. The SMILES string of the molecule is CCCC(=O)NCCNc1ncc(N)cc1C. The normalized spacial score (nSPS) is 10.0. The molecule has 1 amide bonds. The van der Waals surface area contributed by atoms with Gasteiger partial charge in [-0.15, -0.1) is 0 Å². The van der Waals surface area contributed by atoms with Crippen molar-refractivity contribution in [3.8, 4) is 0 Å². The Bertz CT molecular complexity index is 379. The highest BCUT2D eigenvalue weighted by Crippen LogP contribution is 2.12. The van der Waals surface area contributed by atoms with Crippen molar-refractivity contribution in [1.82, 2.24) is 10.3 Å². The van der Waals surface area contributed by atoms with E-state index in [0.29, 0.717) is 25.2 Å². The van der Waals surface area contributed by atoms with Gasteiger partial charge in [-0.2, -0.15) is 0 Å². The average Bonchev–Trinajstić information content (AvgIpc) is 2.27. The highest BCUT2D eigenvalue weighted by atomic mass is 16.1. The zero-order valence-electron chi connectivity index (χ0n) is 10.4. The first-order valence-corrected chi connectivity index (χ1v) is 5.86. The van der Waals surface area contributed by atoms with Crippen LogP contribution in [0.15, 0.2) is 12.3 Å². The van der Waals surface area contributed by atoms with Crippen molar-refractivity contribution in [2.75, 3.05) is 24.1 Å². The molecule has 0 radical (unpaired) electrons. The Morgan fingerprint density at radius 1 is 1.47 bits per heavy atom. The molecule has 94 valence electrons. The van der Waals surface area contributed by atoms with Gasteiger partial charge in [0.2, 0.25) is 5.91 Å². The van der Waals surface area contributed by atoms with Gasteiger partial charge in [-0.1, -0.05) is 6.92 Å². The maximum Gasteiger partial charge on any atom is 0.220 e. The summed E-state index contributed by atoms with van der Waals surface area (Å²) in [4.78, 5) is 15.4. The third-order valence-corrected chi connectivity index (χ3v) is 2.32. The summed E-state index contributed by atoms with van der Waals surface area (Å²) in [7, 11) is 0. The summed E-state index contributed by atoms with van der Waals surface area (Å²) >= 11 is 0. The maximum atomic E-state index is 11.2. The van der Waals surface area contributed by atoms with Crippen LogP contribution < -0.4 is 16.4 Å². The number of carbonyl (C=O) groups is 1. The number of nitrogens with zero attached hydrogens (tertiary/aromatic N) is 1. The smallest absolute Gasteiger partial charge is 0.220 e. The van der Waals surface area contributed by atoms with E-state index in [-0.39, 0.29) is 5.91 Å². The minimum atomic E-state index is 0.0938. The molecule has 5 heteroatoms. The predicted octanol–water partition coefficient (Wildman–Crippen LogP) is 1.30. The summed E-state index contributed by atoms with van der Waals surface area (Å²) in [5.41, 5.74) is 7.27. The maximum absolute atomic E-state index is 11.2. The average molecular weight is 236 g/mol. The number of amides is 1. The molecule has 0 aliphatic rings. The molecule has 1 rings (SSSR count). The summed E-state index contributed by atoms with van der Waals surface area (Å²) in [5, 5.41) is 5.99. The van der Waals surface area contributed by atoms with Crippen LogP contribution in [-0.4, -0.2) is 24.0 Å². The van der Waals surface area contributed by atoms with Crippen molar-refractivity contribution in [3.05, 3.63) is 17.8 Å². The van der Waals surface area contributed by atoms with E-state index in [1.807, 2.05) is 19.9 Å². The number of nitrogens with two attached hydrogens (primary N) is 1. The molecule has 0 unspecified atom stereocenters. The Morgan fingerprint density at radius 2 is 2.24 bits per heavy atom. The molecular formula is C12H20N4O. The molecule has 5 nitrogen and oxygen atoms in total. The van der Waals surface area contributed by atoms with Gasteiger partial charge >= 0.3 is 0 Å². The van der Waals surface area contributed by atoms with Crippen LogP contribution in [0.2, 0.25) is 0 Å². The van der Waals surface area contributed by atoms with Crippen molar-refractivity contribution in [2.45, 2.75) is 26.7 Å². The molecule has 0 spiro atoms. The molecule has 4 N–H and O–H groups in total. The standard InChI is InChI=1S/C12H20N4O/c1-3-4-11(17)14-5-6-15-12-9(2)7-10(13)8-16-12/h7-8H,3-6,13H2,1-2H3,(H,14,17)(H,15,16). The number of nitrogen functional groups attached to an aromatic ring is 1. The number of aromatic nitrogens is 1. The van der Waals surface area contributed by atoms with Crippen molar-refractivity contribution in [2.24, 2.45) is 0 Å². The highest BCUT2D eigenvalue weighted by molar-refractivity contribution is 5.75. The van der Waals surface area contributed by atoms with Gasteiger partial charge < -0.3 is 16.4 Å². The molecule has 0 saturated heterocycles. The van der Waals surface area contributed by atoms with Crippen LogP contribution in [0.4, 0.5) is 11.5 Å². The number of pyridine rings is 1. The van der Waals surface area contributed by atoms with E-state index in [2.05, 4.69) is 15.6 Å². The molecule has 17 heavy (non-hydrogen) atoms. The number of anilines is 2. The molecule has 1 aromatic heterocycles. The number of aryl methyl sites for hydroxylation is 1. The largest absolute Gasteiger partial charge is 0.397 e. The van der Waals surface area contributed by atoms with Gasteiger partial charge in [-0.25, -0.2) is 4.98 Å². The number of carbonyl (C=O) groups excluding carboxylic acids is 1. The molecule has 0 bridgehead atoms. The van der Waals surface area contributed by atoms with Crippen LogP contribution in [0.25, 0.3) is 0 Å². The third-order valence-electron chi connectivity index (χ3n) is 2.32. The molecule has 1 aromatic rings.